The fraction of sp³-hybridized carbons (Fsp3) is 0.417. The number of hydrogen-bond acceptors (Lipinski definition) is 6. The van der Waals surface area contributed by atoms with Crippen LogP contribution in [-0.4, -0.2) is 49.3 Å². The summed E-state index contributed by atoms with van der Waals surface area (Å²) in [6.07, 6.45) is 2.15. The summed E-state index contributed by atoms with van der Waals surface area (Å²) in [5.41, 5.74) is 1.52. The second kappa shape index (κ2) is 8.44. The van der Waals surface area contributed by atoms with Gasteiger partial charge in [0.25, 0.3) is 0 Å². The minimum atomic E-state index is -3.49. The van der Waals surface area contributed by atoms with Crippen LogP contribution in [0.15, 0.2) is 45.7 Å². The summed E-state index contributed by atoms with van der Waals surface area (Å²) in [5.74, 6) is 0.0516. The van der Waals surface area contributed by atoms with Crippen LogP contribution in [0.4, 0.5) is 9.18 Å². The lowest BCUT2D eigenvalue weighted by Gasteiger charge is -2.32. The van der Waals surface area contributed by atoms with E-state index in [1.807, 2.05) is 20.8 Å². The summed E-state index contributed by atoms with van der Waals surface area (Å²) in [6, 6.07) is 9.08. The third kappa shape index (κ3) is 5.19. The number of piperidine rings is 1. The lowest BCUT2D eigenvalue weighted by atomic mass is 9.97. The lowest BCUT2D eigenvalue weighted by molar-refractivity contribution is 0.0199. The Balaban J connectivity index is 1.51. The van der Waals surface area contributed by atoms with Gasteiger partial charge in [0, 0.05) is 30.8 Å². The quantitative estimate of drug-likeness (QED) is 0.521. The monoisotopic (exact) mass is 474 g/mol. The van der Waals surface area contributed by atoms with Crippen molar-refractivity contribution in [3.63, 3.8) is 0 Å². The Hall–Kier alpha value is -2.94. The number of carbonyl (C=O) groups is 1. The Labute approximate surface area is 192 Å². The molecule has 1 aromatic heterocycles. The first-order valence-corrected chi connectivity index (χ1v) is 12.7. The highest BCUT2D eigenvalue weighted by atomic mass is 32.2. The van der Waals surface area contributed by atoms with E-state index in [0.29, 0.717) is 48.5 Å². The topological polar surface area (TPSA) is 89.7 Å². The summed E-state index contributed by atoms with van der Waals surface area (Å²) in [4.78, 5) is 18.5. The number of benzene rings is 2. The minimum absolute atomic E-state index is 0.0653. The van der Waals surface area contributed by atoms with Gasteiger partial charge in [-0.3, -0.25) is 0 Å². The molecule has 4 rings (SSSR count). The highest BCUT2D eigenvalue weighted by Gasteiger charge is 2.29. The van der Waals surface area contributed by atoms with Crippen LogP contribution < -0.4 is 0 Å². The van der Waals surface area contributed by atoms with Crippen LogP contribution in [0.1, 0.15) is 45.4 Å². The third-order valence-corrected chi connectivity index (χ3v) is 6.69. The summed E-state index contributed by atoms with van der Waals surface area (Å²) in [5, 5.41) is 0. The molecule has 0 aliphatic carbocycles. The number of oxazole rings is 1. The Bertz CT molecular complexity index is 1300. The van der Waals surface area contributed by atoms with E-state index in [-0.39, 0.29) is 22.5 Å². The minimum Gasteiger partial charge on any atom is -0.444 e. The van der Waals surface area contributed by atoms with Gasteiger partial charge in [0.2, 0.25) is 0 Å². The van der Waals surface area contributed by atoms with Gasteiger partial charge in [-0.25, -0.2) is 22.6 Å². The van der Waals surface area contributed by atoms with Gasteiger partial charge < -0.3 is 14.1 Å². The molecule has 33 heavy (non-hydrogen) atoms. The smallest absolute Gasteiger partial charge is 0.410 e. The molecule has 7 nitrogen and oxygen atoms in total. The van der Waals surface area contributed by atoms with Crippen LogP contribution >= 0.6 is 0 Å². The number of aromatic nitrogens is 1. The maximum Gasteiger partial charge on any atom is 0.410 e. The molecule has 2 heterocycles. The number of nitrogens with zero attached hydrogens (tertiary/aromatic N) is 2. The Morgan fingerprint density at radius 3 is 2.45 bits per heavy atom. The van der Waals surface area contributed by atoms with Crippen molar-refractivity contribution >= 4 is 27.0 Å². The molecule has 0 spiro atoms. The zero-order valence-corrected chi connectivity index (χ0v) is 19.9. The molecule has 1 saturated heterocycles. The van der Waals surface area contributed by atoms with E-state index >= 15 is 0 Å². The molecule has 2 aromatic carbocycles. The summed E-state index contributed by atoms with van der Waals surface area (Å²) in [7, 11) is -3.49. The van der Waals surface area contributed by atoms with Crippen molar-refractivity contribution in [3.8, 4) is 11.1 Å². The maximum atomic E-state index is 14.6. The second-order valence-electron chi connectivity index (χ2n) is 9.39. The third-order valence-electron chi connectivity index (χ3n) is 5.58. The molecule has 3 aromatic rings. The average molecular weight is 475 g/mol. The van der Waals surface area contributed by atoms with Gasteiger partial charge in [0.1, 0.15) is 16.9 Å². The number of ether oxygens (including phenoxy) is 1. The first kappa shape index (κ1) is 23.2. The van der Waals surface area contributed by atoms with Gasteiger partial charge in [-0.15, -0.1) is 0 Å². The number of fused-ring (bicyclic) bond motifs is 1. The standard InChI is InChI=1S/C24H27FN2O5S/c1-24(2,3)32-23(28)27-11-9-15(10-12-27)22-26-20-8-5-16(13-21(20)31-22)18-7-6-17(14-19(18)25)33(4,29)30/h5-8,13-15H,9-12H2,1-4H3. The number of halogens is 1. The van der Waals surface area contributed by atoms with Gasteiger partial charge in [-0.2, -0.15) is 0 Å². The fourth-order valence-electron chi connectivity index (χ4n) is 3.88. The molecule has 1 aliphatic rings. The molecule has 176 valence electrons. The van der Waals surface area contributed by atoms with E-state index in [0.717, 1.165) is 12.3 Å². The van der Waals surface area contributed by atoms with Crippen molar-refractivity contribution in [1.29, 1.82) is 0 Å². The van der Waals surface area contributed by atoms with Crippen LogP contribution in [0.2, 0.25) is 0 Å². The molecule has 9 heteroatoms. The van der Waals surface area contributed by atoms with E-state index in [1.165, 1.54) is 12.1 Å². The molecule has 0 bridgehead atoms. The SMILES string of the molecule is CC(C)(C)OC(=O)N1CCC(c2nc3ccc(-c4ccc(S(C)(=O)=O)cc4F)cc3o2)CC1. The zero-order valence-electron chi connectivity index (χ0n) is 19.1. The van der Waals surface area contributed by atoms with Crippen molar-refractivity contribution in [2.45, 2.75) is 50.0 Å². The number of sulfone groups is 1. The number of hydrogen-bond donors (Lipinski definition) is 0. The first-order valence-electron chi connectivity index (χ1n) is 10.8. The van der Waals surface area contributed by atoms with Crippen molar-refractivity contribution in [3.05, 3.63) is 48.1 Å². The molecule has 1 fully saturated rings. The largest absolute Gasteiger partial charge is 0.444 e. The van der Waals surface area contributed by atoms with E-state index in [2.05, 4.69) is 4.98 Å². The van der Waals surface area contributed by atoms with Crippen LogP contribution in [0.25, 0.3) is 22.2 Å². The van der Waals surface area contributed by atoms with Crippen molar-refractivity contribution in [2.75, 3.05) is 19.3 Å². The van der Waals surface area contributed by atoms with Gasteiger partial charge in [-0.05, 0) is 63.4 Å². The van der Waals surface area contributed by atoms with Crippen molar-refractivity contribution < 1.29 is 26.8 Å². The van der Waals surface area contributed by atoms with Gasteiger partial charge >= 0.3 is 6.09 Å². The molecule has 0 saturated carbocycles. The molecule has 1 aliphatic heterocycles. The zero-order chi connectivity index (χ0) is 24.0. The van der Waals surface area contributed by atoms with Gasteiger partial charge in [0.15, 0.2) is 21.3 Å². The van der Waals surface area contributed by atoms with Crippen molar-refractivity contribution in [2.24, 2.45) is 0 Å². The normalized spacial score (nSPS) is 15.7. The molecular weight excluding hydrogens is 447 g/mol. The first-order chi connectivity index (χ1) is 15.4. The van der Waals surface area contributed by atoms with Crippen LogP contribution in [0.3, 0.4) is 0 Å². The van der Waals surface area contributed by atoms with Gasteiger partial charge in [0.05, 0.1) is 4.90 Å². The van der Waals surface area contributed by atoms with E-state index < -0.39 is 21.3 Å². The van der Waals surface area contributed by atoms with E-state index in [9.17, 15) is 17.6 Å². The van der Waals surface area contributed by atoms with Crippen LogP contribution in [-0.2, 0) is 14.6 Å². The molecule has 0 radical (unpaired) electrons. The number of carbonyl (C=O) groups excluding carboxylic acids is 1. The summed E-state index contributed by atoms with van der Waals surface area (Å²) < 4.78 is 49.4. The van der Waals surface area contributed by atoms with E-state index in [1.54, 1.807) is 23.1 Å². The van der Waals surface area contributed by atoms with Crippen LogP contribution in [0.5, 0.6) is 0 Å². The Kier molecular flexibility index (Phi) is 5.94. The highest BCUT2D eigenvalue weighted by molar-refractivity contribution is 7.90. The predicted octanol–water partition coefficient (Wildman–Crippen LogP) is 5.15. The molecular formula is C24H27FN2O5S. The molecule has 1 amide bonds. The van der Waals surface area contributed by atoms with Crippen LogP contribution in [0, 0.1) is 5.82 Å². The highest BCUT2D eigenvalue weighted by Crippen LogP contribution is 2.33. The maximum absolute atomic E-state index is 14.6. The van der Waals surface area contributed by atoms with Crippen molar-refractivity contribution in [1.82, 2.24) is 9.88 Å². The summed E-state index contributed by atoms with van der Waals surface area (Å²) >= 11 is 0. The Morgan fingerprint density at radius 2 is 1.85 bits per heavy atom. The average Bonchev–Trinajstić information content (AvgIpc) is 3.15. The second-order valence-corrected chi connectivity index (χ2v) is 11.4. The lowest BCUT2D eigenvalue weighted by Crippen LogP contribution is -2.41. The summed E-state index contributed by atoms with van der Waals surface area (Å²) in [6.45, 7) is 6.64. The van der Waals surface area contributed by atoms with E-state index in [4.69, 9.17) is 9.15 Å². The molecule has 0 atom stereocenters. The number of rotatable bonds is 3. The molecule has 0 unspecified atom stereocenters. The fourth-order valence-corrected chi connectivity index (χ4v) is 4.51. The molecule has 0 N–H and O–H groups in total. The van der Waals surface area contributed by atoms with Gasteiger partial charge in [-0.1, -0.05) is 12.1 Å². The number of amides is 1. The number of likely N-dealkylation sites (tertiary alicyclic amines) is 1. The Morgan fingerprint density at radius 1 is 1.15 bits per heavy atom. The predicted molar refractivity (Wildman–Crippen MR) is 122 cm³/mol.